The molecule has 0 atom stereocenters. The van der Waals surface area contributed by atoms with Gasteiger partial charge < -0.3 is 10.0 Å². The summed E-state index contributed by atoms with van der Waals surface area (Å²) in [6.07, 6.45) is 1.45. The highest BCUT2D eigenvalue weighted by Crippen LogP contribution is 2.08. The molecule has 2 aromatic rings. The Morgan fingerprint density at radius 3 is 3.06 bits per heavy atom. The Kier molecular flexibility index (Phi) is 4.06. The molecule has 2 heterocycles. The van der Waals surface area contributed by atoms with Gasteiger partial charge in [0.2, 0.25) is 0 Å². The summed E-state index contributed by atoms with van der Waals surface area (Å²) >= 11 is 1.68. The SMILES string of the molecule is CN(CCn1cc(C(=O)O)nn1)Cc1ccsc1. The predicted octanol–water partition coefficient (Wildman–Crippen LogP) is 1.17. The number of thiophene rings is 1. The Hall–Kier alpha value is -1.73. The van der Waals surface area contributed by atoms with Gasteiger partial charge in [-0.1, -0.05) is 5.21 Å². The summed E-state index contributed by atoms with van der Waals surface area (Å²) < 4.78 is 1.55. The number of aromatic nitrogens is 3. The van der Waals surface area contributed by atoms with Gasteiger partial charge in [0, 0.05) is 13.1 Å². The highest BCUT2D eigenvalue weighted by atomic mass is 32.1. The summed E-state index contributed by atoms with van der Waals surface area (Å²) in [5.41, 5.74) is 1.27. The lowest BCUT2D eigenvalue weighted by Crippen LogP contribution is -2.22. The summed E-state index contributed by atoms with van der Waals surface area (Å²) in [5.74, 6) is -1.05. The smallest absolute Gasteiger partial charge is 0.358 e. The second-order valence-corrected chi connectivity index (χ2v) is 4.82. The van der Waals surface area contributed by atoms with E-state index in [0.717, 1.165) is 13.1 Å². The van der Waals surface area contributed by atoms with Crippen molar-refractivity contribution in [3.63, 3.8) is 0 Å². The number of carboxylic acids is 1. The van der Waals surface area contributed by atoms with Gasteiger partial charge in [-0.25, -0.2) is 4.79 Å². The zero-order chi connectivity index (χ0) is 13.0. The van der Waals surface area contributed by atoms with E-state index in [0.29, 0.717) is 6.54 Å². The van der Waals surface area contributed by atoms with Crippen LogP contribution in [0.1, 0.15) is 16.1 Å². The van der Waals surface area contributed by atoms with Crippen LogP contribution in [0.15, 0.2) is 23.0 Å². The summed E-state index contributed by atoms with van der Waals surface area (Å²) in [7, 11) is 2.02. The quantitative estimate of drug-likeness (QED) is 0.849. The Morgan fingerprint density at radius 1 is 1.61 bits per heavy atom. The highest BCUT2D eigenvalue weighted by molar-refractivity contribution is 7.07. The molecule has 0 saturated carbocycles. The molecule has 18 heavy (non-hydrogen) atoms. The van der Waals surface area contributed by atoms with Gasteiger partial charge in [0.25, 0.3) is 0 Å². The van der Waals surface area contributed by atoms with E-state index in [9.17, 15) is 4.79 Å². The Morgan fingerprint density at radius 2 is 2.44 bits per heavy atom. The molecule has 1 N–H and O–H groups in total. The molecular weight excluding hydrogens is 252 g/mol. The van der Waals surface area contributed by atoms with E-state index in [2.05, 4.69) is 32.0 Å². The number of carboxylic acid groups (broad SMARTS) is 1. The van der Waals surface area contributed by atoms with Gasteiger partial charge in [0.1, 0.15) is 0 Å². The maximum Gasteiger partial charge on any atom is 0.358 e. The molecule has 0 aromatic carbocycles. The van der Waals surface area contributed by atoms with Crippen LogP contribution >= 0.6 is 11.3 Å². The van der Waals surface area contributed by atoms with Crippen molar-refractivity contribution in [3.8, 4) is 0 Å². The zero-order valence-electron chi connectivity index (χ0n) is 9.98. The number of hydrogen-bond donors (Lipinski definition) is 1. The third-order valence-electron chi connectivity index (χ3n) is 2.50. The second-order valence-electron chi connectivity index (χ2n) is 4.04. The monoisotopic (exact) mass is 266 g/mol. The van der Waals surface area contributed by atoms with Crippen molar-refractivity contribution in [3.05, 3.63) is 34.3 Å². The number of aromatic carboxylic acids is 1. The molecule has 0 amide bonds. The minimum absolute atomic E-state index is 0.0181. The maximum absolute atomic E-state index is 10.6. The largest absolute Gasteiger partial charge is 0.476 e. The van der Waals surface area contributed by atoms with Gasteiger partial charge >= 0.3 is 5.97 Å². The number of rotatable bonds is 6. The van der Waals surface area contributed by atoms with Gasteiger partial charge in [-0.3, -0.25) is 4.68 Å². The third-order valence-corrected chi connectivity index (χ3v) is 3.23. The zero-order valence-corrected chi connectivity index (χ0v) is 10.8. The van der Waals surface area contributed by atoms with Crippen molar-refractivity contribution in [2.45, 2.75) is 13.1 Å². The second kappa shape index (κ2) is 5.74. The molecular formula is C11H14N4O2S. The first-order valence-electron chi connectivity index (χ1n) is 5.48. The molecule has 0 unspecified atom stereocenters. The van der Waals surface area contributed by atoms with Crippen LogP contribution in [-0.2, 0) is 13.1 Å². The molecule has 0 bridgehead atoms. The summed E-state index contributed by atoms with van der Waals surface area (Å²) in [5, 5.41) is 20.2. The van der Waals surface area contributed by atoms with E-state index < -0.39 is 5.97 Å². The van der Waals surface area contributed by atoms with E-state index in [1.807, 2.05) is 7.05 Å². The average Bonchev–Trinajstić information content (AvgIpc) is 2.96. The van der Waals surface area contributed by atoms with Crippen molar-refractivity contribution < 1.29 is 9.90 Å². The van der Waals surface area contributed by atoms with Crippen molar-refractivity contribution >= 4 is 17.3 Å². The lowest BCUT2D eigenvalue weighted by molar-refractivity contribution is 0.0690. The van der Waals surface area contributed by atoms with Crippen LogP contribution in [0.25, 0.3) is 0 Å². The first-order valence-corrected chi connectivity index (χ1v) is 6.42. The van der Waals surface area contributed by atoms with Crippen molar-refractivity contribution in [1.29, 1.82) is 0 Å². The standard InChI is InChI=1S/C11H14N4O2S/c1-14(6-9-2-5-18-8-9)3-4-15-7-10(11(16)17)12-13-15/h2,5,7-8H,3-4,6H2,1H3,(H,16,17). The Labute approximate surface area is 108 Å². The van der Waals surface area contributed by atoms with E-state index in [4.69, 9.17) is 5.11 Å². The molecule has 0 radical (unpaired) electrons. The van der Waals surface area contributed by atoms with Crippen molar-refractivity contribution in [2.24, 2.45) is 0 Å². The van der Waals surface area contributed by atoms with Gasteiger partial charge in [0.15, 0.2) is 5.69 Å². The van der Waals surface area contributed by atoms with Crippen LogP contribution in [0.4, 0.5) is 0 Å². The first kappa shape index (κ1) is 12.7. The molecule has 0 aliphatic heterocycles. The topological polar surface area (TPSA) is 71.2 Å². The Balaban J connectivity index is 1.81. The summed E-state index contributed by atoms with van der Waals surface area (Å²) in [6.45, 7) is 2.29. The molecule has 0 fully saturated rings. The van der Waals surface area contributed by atoms with Crippen LogP contribution in [0.5, 0.6) is 0 Å². The van der Waals surface area contributed by atoms with Gasteiger partial charge in [-0.2, -0.15) is 11.3 Å². The molecule has 2 rings (SSSR count). The third kappa shape index (κ3) is 3.38. The minimum atomic E-state index is -1.05. The molecule has 2 aromatic heterocycles. The molecule has 6 nitrogen and oxygen atoms in total. The molecule has 0 saturated heterocycles. The fourth-order valence-electron chi connectivity index (χ4n) is 1.55. The van der Waals surface area contributed by atoms with Crippen molar-refractivity contribution in [2.75, 3.05) is 13.6 Å². The fourth-order valence-corrected chi connectivity index (χ4v) is 2.21. The van der Waals surface area contributed by atoms with E-state index in [1.165, 1.54) is 11.8 Å². The molecule has 0 spiro atoms. The van der Waals surface area contributed by atoms with E-state index in [1.54, 1.807) is 16.0 Å². The molecule has 0 aliphatic rings. The number of likely N-dealkylation sites (N-methyl/N-ethyl adjacent to an activating group) is 1. The van der Waals surface area contributed by atoms with Crippen LogP contribution in [0.2, 0.25) is 0 Å². The molecule has 96 valence electrons. The van der Waals surface area contributed by atoms with E-state index >= 15 is 0 Å². The minimum Gasteiger partial charge on any atom is -0.476 e. The van der Waals surface area contributed by atoms with Gasteiger partial charge in [0.05, 0.1) is 12.7 Å². The van der Waals surface area contributed by atoms with E-state index in [-0.39, 0.29) is 5.69 Å². The summed E-state index contributed by atoms with van der Waals surface area (Å²) in [4.78, 5) is 12.8. The maximum atomic E-state index is 10.6. The molecule has 7 heteroatoms. The normalized spacial score (nSPS) is 11.0. The van der Waals surface area contributed by atoms with Crippen LogP contribution < -0.4 is 0 Å². The number of hydrogen-bond acceptors (Lipinski definition) is 5. The van der Waals surface area contributed by atoms with Gasteiger partial charge in [-0.05, 0) is 29.4 Å². The first-order chi connectivity index (χ1) is 8.65. The van der Waals surface area contributed by atoms with Crippen LogP contribution in [0.3, 0.4) is 0 Å². The predicted molar refractivity (Wildman–Crippen MR) is 67.6 cm³/mol. The average molecular weight is 266 g/mol. The lowest BCUT2D eigenvalue weighted by atomic mass is 10.3. The van der Waals surface area contributed by atoms with Crippen molar-refractivity contribution in [1.82, 2.24) is 19.9 Å². The summed E-state index contributed by atoms with van der Waals surface area (Å²) in [6, 6.07) is 2.10. The number of carbonyl (C=O) groups is 1. The van der Waals surface area contributed by atoms with Crippen LogP contribution in [0, 0.1) is 0 Å². The number of nitrogens with zero attached hydrogens (tertiary/aromatic N) is 4. The lowest BCUT2D eigenvalue weighted by Gasteiger charge is -2.15. The molecule has 0 aliphatic carbocycles. The highest BCUT2D eigenvalue weighted by Gasteiger charge is 2.08. The van der Waals surface area contributed by atoms with Gasteiger partial charge in [-0.15, -0.1) is 5.10 Å². The van der Waals surface area contributed by atoms with Crippen LogP contribution in [-0.4, -0.2) is 44.6 Å². The fraction of sp³-hybridized carbons (Fsp3) is 0.364. The Bertz CT molecular complexity index is 509.